The molecule has 0 unspecified atom stereocenters. The van der Waals surface area contributed by atoms with Crippen molar-refractivity contribution in [1.82, 2.24) is 5.32 Å². The molecule has 2 heteroatoms. The van der Waals surface area contributed by atoms with Crippen molar-refractivity contribution in [2.75, 3.05) is 13.1 Å². The Bertz CT molecular complexity index is 431. The zero-order chi connectivity index (χ0) is 14.0. The number of hydrogen-bond donors (Lipinski definition) is 2. The number of nitrogens with two attached hydrogens (primary N) is 1. The fourth-order valence-electron chi connectivity index (χ4n) is 3.10. The third-order valence-corrected chi connectivity index (χ3v) is 4.39. The molecule has 0 atom stereocenters. The molecule has 0 amide bonds. The summed E-state index contributed by atoms with van der Waals surface area (Å²) in [7, 11) is 0. The molecule has 3 N–H and O–H groups in total. The van der Waals surface area contributed by atoms with Gasteiger partial charge in [0.2, 0.25) is 0 Å². The lowest BCUT2D eigenvalue weighted by molar-refractivity contribution is 0.251. The molecule has 19 heavy (non-hydrogen) atoms. The highest BCUT2D eigenvalue weighted by Gasteiger charge is 2.27. The summed E-state index contributed by atoms with van der Waals surface area (Å²) in [5.41, 5.74) is 10.2. The lowest BCUT2D eigenvalue weighted by Gasteiger charge is -2.34. The van der Waals surface area contributed by atoms with Crippen LogP contribution < -0.4 is 11.1 Å². The SMILES string of the molecule is Cc1ccc(C)c(C(C)(C)CNCC2CC(N)C2)c1. The minimum Gasteiger partial charge on any atom is -0.328 e. The van der Waals surface area contributed by atoms with Crippen LogP contribution in [0.2, 0.25) is 0 Å². The average Bonchev–Trinajstić information content (AvgIpc) is 2.29. The zero-order valence-corrected chi connectivity index (χ0v) is 12.8. The first-order valence-electron chi connectivity index (χ1n) is 7.42. The van der Waals surface area contributed by atoms with E-state index in [0.717, 1.165) is 19.0 Å². The smallest absolute Gasteiger partial charge is 0.00450 e. The Hall–Kier alpha value is -0.860. The van der Waals surface area contributed by atoms with Crippen molar-refractivity contribution < 1.29 is 0 Å². The molecule has 2 nitrogen and oxygen atoms in total. The Morgan fingerprint density at radius 2 is 1.95 bits per heavy atom. The van der Waals surface area contributed by atoms with Gasteiger partial charge in [-0.05, 0) is 50.3 Å². The Labute approximate surface area is 117 Å². The van der Waals surface area contributed by atoms with Gasteiger partial charge in [-0.1, -0.05) is 37.6 Å². The van der Waals surface area contributed by atoms with Crippen LogP contribution in [0.25, 0.3) is 0 Å². The number of nitrogens with one attached hydrogen (secondary N) is 1. The summed E-state index contributed by atoms with van der Waals surface area (Å²) in [6.45, 7) is 11.2. The van der Waals surface area contributed by atoms with Gasteiger partial charge in [-0.25, -0.2) is 0 Å². The zero-order valence-electron chi connectivity index (χ0n) is 12.8. The monoisotopic (exact) mass is 260 g/mol. The largest absolute Gasteiger partial charge is 0.328 e. The number of rotatable bonds is 5. The molecule has 1 aliphatic carbocycles. The van der Waals surface area contributed by atoms with Gasteiger partial charge in [0.25, 0.3) is 0 Å². The minimum atomic E-state index is 0.183. The molecule has 2 rings (SSSR count). The second-order valence-corrected chi connectivity index (χ2v) is 6.93. The summed E-state index contributed by atoms with van der Waals surface area (Å²) in [5, 5.41) is 3.64. The van der Waals surface area contributed by atoms with Crippen LogP contribution in [0, 0.1) is 19.8 Å². The van der Waals surface area contributed by atoms with Crippen molar-refractivity contribution in [2.24, 2.45) is 11.7 Å². The Morgan fingerprint density at radius 3 is 2.58 bits per heavy atom. The Kier molecular flexibility index (Phi) is 4.32. The maximum Gasteiger partial charge on any atom is 0.00450 e. The van der Waals surface area contributed by atoms with Crippen molar-refractivity contribution in [3.05, 3.63) is 34.9 Å². The highest BCUT2D eigenvalue weighted by Crippen LogP contribution is 2.28. The second-order valence-electron chi connectivity index (χ2n) is 6.93. The van der Waals surface area contributed by atoms with Gasteiger partial charge in [0, 0.05) is 18.0 Å². The van der Waals surface area contributed by atoms with Crippen molar-refractivity contribution >= 4 is 0 Å². The average molecular weight is 260 g/mol. The van der Waals surface area contributed by atoms with Crippen LogP contribution in [0.3, 0.4) is 0 Å². The molecule has 1 aliphatic rings. The van der Waals surface area contributed by atoms with Gasteiger partial charge in [0.1, 0.15) is 0 Å². The molecule has 0 spiro atoms. The molecular formula is C17H28N2. The van der Waals surface area contributed by atoms with Crippen molar-refractivity contribution in [3.63, 3.8) is 0 Å². The maximum atomic E-state index is 5.83. The fraction of sp³-hybridized carbons (Fsp3) is 0.647. The quantitative estimate of drug-likeness (QED) is 0.854. The first-order valence-corrected chi connectivity index (χ1v) is 7.42. The number of benzene rings is 1. The summed E-state index contributed by atoms with van der Waals surface area (Å²) in [6, 6.07) is 7.21. The highest BCUT2D eigenvalue weighted by atomic mass is 14.9. The summed E-state index contributed by atoms with van der Waals surface area (Å²) >= 11 is 0. The summed E-state index contributed by atoms with van der Waals surface area (Å²) in [6.07, 6.45) is 2.38. The van der Waals surface area contributed by atoms with E-state index in [9.17, 15) is 0 Å². The van der Waals surface area contributed by atoms with Gasteiger partial charge in [-0.3, -0.25) is 0 Å². The third kappa shape index (κ3) is 3.58. The van der Waals surface area contributed by atoms with Crippen molar-refractivity contribution in [1.29, 1.82) is 0 Å². The van der Waals surface area contributed by atoms with E-state index in [1.54, 1.807) is 0 Å². The minimum absolute atomic E-state index is 0.183. The molecule has 1 fully saturated rings. The van der Waals surface area contributed by atoms with Crippen molar-refractivity contribution in [2.45, 2.75) is 52.0 Å². The fourth-order valence-corrected chi connectivity index (χ4v) is 3.10. The van der Waals surface area contributed by atoms with E-state index >= 15 is 0 Å². The Balaban J connectivity index is 1.91. The normalized spacial score (nSPS) is 23.2. The standard InChI is InChI=1S/C17H28N2/c1-12-5-6-13(2)16(7-12)17(3,4)11-19-10-14-8-15(18)9-14/h5-7,14-15,19H,8-11,18H2,1-4H3. The lowest BCUT2D eigenvalue weighted by atomic mass is 9.79. The lowest BCUT2D eigenvalue weighted by Crippen LogP contribution is -2.43. The van der Waals surface area contributed by atoms with Crippen molar-refractivity contribution in [3.8, 4) is 0 Å². The predicted octanol–water partition coefficient (Wildman–Crippen LogP) is 2.91. The van der Waals surface area contributed by atoms with E-state index in [4.69, 9.17) is 5.73 Å². The number of hydrogen-bond acceptors (Lipinski definition) is 2. The van der Waals surface area contributed by atoms with E-state index in [0.29, 0.717) is 6.04 Å². The number of aryl methyl sites for hydroxylation is 2. The Morgan fingerprint density at radius 1 is 1.26 bits per heavy atom. The first kappa shape index (κ1) is 14.5. The second kappa shape index (κ2) is 5.64. The maximum absolute atomic E-state index is 5.83. The van der Waals surface area contributed by atoms with Gasteiger partial charge in [0.15, 0.2) is 0 Å². The molecule has 0 aliphatic heterocycles. The summed E-state index contributed by atoms with van der Waals surface area (Å²) < 4.78 is 0. The predicted molar refractivity (Wildman–Crippen MR) is 82.5 cm³/mol. The molecule has 0 bridgehead atoms. The van der Waals surface area contributed by atoms with Gasteiger partial charge in [-0.2, -0.15) is 0 Å². The van der Waals surface area contributed by atoms with E-state index in [-0.39, 0.29) is 5.41 Å². The third-order valence-electron chi connectivity index (χ3n) is 4.39. The van der Waals surface area contributed by atoms with Gasteiger partial charge < -0.3 is 11.1 Å². The van der Waals surface area contributed by atoms with Crippen LogP contribution in [0.4, 0.5) is 0 Å². The molecule has 106 valence electrons. The molecule has 0 saturated heterocycles. The first-order chi connectivity index (χ1) is 8.88. The van der Waals surface area contributed by atoms with E-state index in [1.807, 2.05) is 0 Å². The van der Waals surface area contributed by atoms with Gasteiger partial charge in [-0.15, -0.1) is 0 Å². The molecule has 1 aromatic rings. The molecule has 0 radical (unpaired) electrons. The molecular weight excluding hydrogens is 232 g/mol. The van der Waals surface area contributed by atoms with Gasteiger partial charge >= 0.3 is 0 Å². The molecule has 0 heterocycles. The molecule has 0 aromatic heterocycles. The van der Waals surface area contributed by atoms with E-state index in [1.165, 1.54) is 29.5 Å². The van der Waals surface area contributed by atoms with Crippen LogP contribution in [-0.2, 0) is 5.41 Å². The highest BCUT2D eigenvalue weighted by molar-refractivity contribution is 5.36. The van der Waals surface area contributed by atoms with E-state index < -0.39 is 0 Å². The van der Waals surface area contributed by atoms with Crippen LogP contribution in [0.1, 0.15) is 43.4 Å². The molecule has 1 saturated carbocycles. The molecule has 1 aromatic carbocycles. The topological polar surface area (TPSA) is 38.0 Å². The van der Waals surface area contributed by atoms with Crippen LogP contribution in [0.5, 0.6) is 0 Å². The van der Waals surface area contributed by atoms with Gasteiger partial charge in [0.05, 0.1) is 0 Å². The van der Waals surface area contributed by atoms with E-state index in [2.05, 4.69) is 51.2 Å². The summed E-state index contributed by atoms with van der Waals surface area (Å²) in [4.78, 5) is 0. The van der Waals surface area contributed by atoms with Crippen LogP contribution in [-0.4, -0.2) is 19.1 Å². The van der Waals surface area contributed by atoms with Crippen LogP contribution in [0.15, 0.2) is 18.2 Å². The van der Waals surface area contributed by atoms with Crippen LogP contribution >= 0.6 is 0 Å². The summed E-state index contributed by atoms with van der Waals surface area (Å²) in [5.74, 6) is 0.796.